The highest BCUT2D eigenvalue weighted by atomic mass is 16.4. The smallest absolute Gasteiger partial charge is 0.405 e. The molecule has 0 bridgehead atoms. The summed E-state index contributed by atoms with van der Waals surface area (Å²) in [5.74, 6) is -2.47. The molecular formula is C50H53N7O8. The van der Waals surface area contributed by atoms with E-state index in [2.05, 4.69) is 15.5 Å². The van der Waals surface area contributed by atoms with E-state index in [1.807, 2.05) is 115 Å². The van der Waals surface area contributed by atoms with E-state index < -0.39 is 59.0 Å². The molecule has 2 fully saturated rings. The van der Waals surface area contributed by atoms with E-state index in [0.29, 0.717) is 37.1 Å². The number of carboxylic acid groups (broad SMARTS) is 2. The Hall–Kier alpha value is -7.68. The van der Waals surface area contributed by atoms with Crippen molar-refractivity contribution in [3.8, 4) is 0 Å². The summed E-state index contributed by atoms with van der Waals surface area (Å²) < 4.78 is 0. The van der Waals surface area contributed by atoms with Gasteiger partial charge in [-0.25, -0.2) is 9.59 Å². The second kappa shape index (κ2) is 19.8. The van der Waals surface area contributed by atoms with Crippen LogP contribution in [0.3, 0.4) is 0 Å². The summed E-state index contributed by atoms with van der Waals surface area (Å²) in [7, 11) is 0. The van der Waals surface area contributed by atoms with Crippen LogP contribution in [0, 0.1) is 0 Å². The molecule has 0 radical (unpaired) electrons. The summed E-state index contributed by atoms with van der Waals surface area (Å²) in [5, 5.41) is 24.0. The van der Waals surface area contributed by atoms with Crippen LogP contribution < -0.4 is 27.0 Å². The van der Waals surface area contributed by atoms with Gasteiger partial charge < -0.3 is 47.0 Å². The summed E-state index contributed by atoms with van der Waals surface area (Å²) in [6.07, 6.45) is -0.966. The van der Waals surface area contributed by atoms with Gasteiger partial charge in [-0.2, -0.15) is 0 Å². The third-order valence-electron chi connectivity index (χ3n) is 12.6. The van der Waals surface area contributed by atoms with Crippen molar-refractivity contribution in [2.45, 2.75) is 74.8 Å². The largest absolute Gasteiger partial charge is 0.465 e. The fourth-order valence-electron chi connectivity index (χ4n) is 9.50. The van der Waals surface area contributed by atoms with E-state index in [1.54, 1.807) is 24.3 Å². The molecular weight excluding hydrogens is 827 g/mol. The van der Waals surface area contributed by atoms with Crippen LogP contribution in [0.2, 0.25) is 0 Å². The van der Waals surface area contributed by atoms with Crippen molar-refractivity contribution in [3.05, 3.63) is 173 Å². The van der Waals surface area contributed by atoms with E-state index >= 15 is 0 Å². The Kier molecular flexibility index (Phi) is 13.8. The Bertz CT molecular complexity index is 2340. The number of amides is 6. The zero-order chi connectivity index (χ0) is 46.1. The van der Waals surface area contributed by atoms with Crippen molar-refractivity contribution < 1.29 is 39.0 Å². The Morgan fingerprint density at radius 1 is 0.523 bits per heavy atom. The summed E-state index contributed by atoms with van der Waals surface area (Å²) >= 11 is 0. The topological polar surface area (TPSA) is 229 Å². The highest BCUT2D eigenvalue weighted by molar-refractivity contribution is 5.96. The molecule has 0 saturated carbocycles. The second-order valence-corrected chi connectivity index (χ2v) is 16.6. The molecule has 2 aliphatic heterocycles. The average Bonchev–Trinajstić information content (AvgIpc) is 3.97. The van der Waals surface area contributed by atoms with Crippen molar-refractivity contribution in [3.63, 3.8) is 0 Å². The molecule has 0 aliphatic carbocycles. The number of nitrogens with two attached hydrogens (primary N) is 2. The first-order valence-electron chi connectivity index (χ1n) is 21.6. The maximum absolute atomic E-state index is 14.2. The van der Waals surface area contributed by atoms with Gasteiger partial charge >= 0.3 is 12.2 Å². The van der Waals surface area contributed by atoms with Crippen molar-refractivity contribution >= 4 is 41.5 Å². The van der Waals surface area contributed by atoms with Gasteiger partial charge in [0.25, 0.3) is 0 Å². The molecule has 2 aliphatic rings. The predicted octanol–water partition coefficient (Wildman–Crippen LogP) is 5.26. The molecule has 7 rings (SSSR count). The van der Waals surface area contributed by atoms with E-state index in [1.165, 1.54) is 9.80 Å². The van der Waals surface area contributed by atoms with Crippen LogP contribution in [0.1, 0.15) is 59.1 Å². The summed E-state index contributed by atoms with van der Waals surface area (Å²) in [4.78, 5) is 83.9. The third kappa shape index (κ3) is 9.78. The molecule has 0 unspecified atom stereocenters. The number of nitrogens with zero attached hydrogens (tertiary/aromatic N) is 3. The predicted molar refractivity (Wildman–Crippen MR) is 243 cm³/mol. The zero-order valence-electron chi connectivity index (χ0n) is 35.8. The molecule has 65 heavy (non-hydrogen) atoms. The molecule has 2 heterocycles. The SMILES string of the molecule is NC(=O)[C@@]1(c2ccc(CN(Cc3ccc([C@]4(C(N)=O)CCCN4C(=O)[C@H](Cc4ccccc4)NC(=O)O)cc3)c3ccccc3)cc2)CCCN1C(=O)[C@H](Cc1ccccc1)NC(=O)O. The quantitative estimate of drug-likeness (QED) is 0.0715. The van der Waals surface area contributed by atoms with Gasteiger partial charge in [0, 0.05) is 44.7 Å². The summed E-state index contributed by atoms with van der Waals surface area (Å²) in [6, 6.07) is 40.4. The van der Waals surface area contributed by atoms with Crippen LogP contribution in [0.25, 0.3) is 0 Å². The molecule has 5 aromatic carbocycles. The van der Waals surface area contributed by atoms with E-state index in [-0.39, 0.29) is 38.8 Å². The van der Waals surface area contributed by atoms with Crippen LogP contribution in [-0.4, -0.2) is 81.0 Å². The number of carbonyl (C=O) groups is 6. The Morgan fingerprint density at radius 3 is 1.22 bits per heavy atom. The fourth-order valence-corrected chi connectivity index (χ4v) is 9.50. The first-order chi connectivity index (χ1) is 31.3. The molecule has 5 aromatic rings. The Labute approximate surface area is 377 Å². The third-order valence-corrected chi connectivity index (χ3v) is 12.6. The minimum absolute atomic E-state index is 0.0976. The number of benzene rings is 5. The number of para-hydroxylation sites is 1. The molecule has 6 amide bonds. The van der Waals surface area contributed by atoms with Gasteiger partial charge in [-0.15, -0.1) is 0 Å². The number of likely N-dealkylation sites (tertiary alicyclic amines) is 2. The number of hydrogen-bond donors (Lipinski definition) is 6. The number of nitrogens with one attached hydrogen (secondary N) is 2. The summed E-state index contributed by atoms with van der Waals surface area (Å²) in [5.41, 5.74) is 14.6. The maximum Gasteiger partial charge on any atom is 0.405 e. The van der Waals surface area contributed by atoms with Crippen molar-refractivity contribution in [1.82, 2.24) is 20.4 Å². The molecule has 15 nitrogen and oxygen atoms in total. The number of hydrogen-bond acceptors (Lipinski definition) is 7. The number of carbonyl (C=O) groups excluding carboxylic acids is 4. The lowest BCUT2D eigenvalue weighted by Crippen LogP contribution is -2.58. The molecule has 8 N–H and O–H groups in total. The first kappa shape index (κ1) is 45.3. The van der Waals surface area contributed by atoms with Crippen molar-refractivity contribution in [2.24, 2.45) is 11.5 Å². The average molecular weight is 880 g/mol. The van der Waals surface area contributed by atoms with Crippen LogP contribution in [-0.2, 0) is 56.2 Å². The van der Waals surface area contributed by atoms with Gasteiger partial charge in [-0.05, 0) is 71.2 Å². The van der Waals surface area contributed by atoms with Crippen LogP contribution in [0.15, 0.2) is 140 Å². The maximum atomic E-state index is 14.2. The van der Waals surface area contributed by atoms with Gasteiger partial charge in [0.15, 0.2) is 0 Å². The lowest BCUT2D eigenvalue weighted by atomic mass is 9.85. The Morgan fingerprint density at radius 2 is 0.877 bits per heavy atom. The monoisotopic (exact) mass is 879 g/mol. The van der Waals surface area contributed by atoms with Crippen molar-refractivity contribution in [2.75, 3.05) is 18.0 Å². The minimum Gasteiger partial charge on any atom is -0.465 e. The summed E-state index contributed by atoms with van der Waals surface area (Å²) in [6.45, 7) is 1.32. The van der Waals surface area contributed by atoms with Gasteiger partial charge in [0.05, 0.1) is 0 Å². The molecule has 0 aromatic heterocycles. The Balaban J connectivity index is 1.12. The number of anilines is 1. The lowest BCUT2D eigenvalue weighted by molar-refractivity contribution is -0.145. The molecule has 336 valence electrons. The molecule has 0 spiro atoms. The highest BCUT2D eigenvalue weighted by Crippen LogP contribution is 2.41. The fraction of sp³-hybridized carbons (Fsp3) is 0.280. The normalized spacial score (nSPS) is 18.9. The zero-order valence-corrected chi connectivity index (χ0v) is 35.8. The number of primary amides is 2. The standard InChI is InChI=1S/C50H53N7O8/c51-45(60)49(26-10-28-56(49)43(58)41(53-47(62)63)30-34-12-4-1-5-13-34)38-22-18-36(19-23-38)32-55(40-16-8-3-9-17-40)33-37-20-24-39(25-21-37)50(46(52)61)27-11-29-57(50)44(59)42(54-48(64)65)31-35-14-6-2-7-15-35/h1-9,12-25,41-42,53-54H,10-11,26-33H2,(H2,51,60)(H2,52,61)(H,62,63)(H,64,65)/t41-,42-,49-,50-/m0/s1. The molecule has 2 saturated heterocycles. The minimum atomic E-state index is -1.48. The van der Waals surface area contributed by atoms with Crippen LogP contribution in [0.5, 0.6) is 0 Å². The van der Waals surface area contributed by atoms with E-state index in [4.69, 9.17) is 11.5 Å². The van der Waals surface area contributed by atoms with E-state index in [9.17, 15) is 39.0 Å². The van der Waals surface area contributed by atoms with Crippen LogP contribution >= 0.6 is 0 Å². The van der Waals surface area contributed by atoms with E-state index in [0.717, 1.165) is 27.9 Å². The number of rotatable bonds is 17. The van der Waals surface area contributed by atoms with Gasteiger partial charge in [0.2, 0.25) is 23.6 Å². The van der Waals surface area contributed by atoms with Gasteiger partial charge in [-0.1, -0.05) is 127 Å². The lowest BCUT2D eigenvalue weighted by Gasteiger charge is -2.38. The molecule has 4 atom stereocenters. The first-order valence-corrected chi connectivity index (χ1v) is 21.6. The highest BCUT2D eigenvalue weighted by Gasteiger charge is 2.52. The molecule has 15 heteroatoms. The van der Waals surface area contributed by atoms with Crippen LogP contribution in [0.4, 0.5) is 15.3 Å². The van der Waals surface area contributed by atoms with Gasteiger partial charge in [0.1, 0.15) is 23.2 Å². The van der Waals surface area contributed by atoms with Gasteiger partial charge in [-0.3, -0.25) is 19.2 Å². The van der Waals surface area contributed by atoms with Crippen molar-refractivity contribution in [1.29, 1.82) is 0 Å². The second-order valence-electron chi connectivity index (χ2n) is 16.6.